The van der Waals surface area contributed by atoms with Crippen LogP contribution in [0.4, 0.5) is 0 Å². The van der Waals surface area contributed by atoms with E-state index in [1.165, 1.54) is 25.0 Å². The monoisotopic (exact) mass is 149 g/mol. The van der Waals surface area contributed by atoms with Gasteiger partial charge in [0.15, 0.2) is 0 Å². The Morgan fingerprint density at radius 3 is 2.73 bits per heavy atom. The zero-order valence-corrected chi connectivity index (χ0v) is 7.06. The highest BCUT2D eigenvalue weighted by molar-refractivity contribution is 5.30. The zero-order chi connectivity index (χ0) is 7.84. The number of hydrogen-bond donors (Lipinski definition) is 1. The predicted molar refractivity (Wildman–Crippen MR) is 47.1 cm³/mol. The van der Waals surface area contributed by atoms with Crippen LogP contribution in [0, 0.1) is 11.8 Å². The van der Waals surface area contributed by atoms with Crippen molar-refractivity contribution in [3.63, 3.8) is 0 Å². The first-order valence-electron chi connectivity index (χ1n) is 4.39. The first-order chi connectivity index (χ1) is 5.36. The summed E-state index contributed by atoms with van der Waals surface area (Å²) >= 11 is 0. The molecule has 2 atom stereocenters. The van der Waals surface area contributed by atoms with Crippen LogP contribution < -0.4 is 5.32 Å². The molecule has 1 N–H and O–H groups in total. The summed E-state index contributed by atoms with van der Waals surface area (Å²) in [5.74, 6) is 1.57. The fraction of sp³-hybridized carbons (Fsp3) is 0.600. The van der Waals surface area contributed by atoms with Crippen LogP contribution in [0.2, 0.25) is 0 Å². The third-order valence-corrected chi connectivity index (χ3v) is 2.66. The van der Waals surface area contributed by atoms with E-state index in [0.29, 0.717) is 0 Å². The van der Waals surface area contributed by atoms with Crippen LogP contribution >= 0.6 is 0 Å². The Kier molecular flexibility index (Phi) is 1.52. The lowest BCUT2D eigenvalue weighted by Crippen LogP contribution is -2.08. The average molecular weight is 149 g/mol. The van der Waals surface area contributed by atoms with E-state index in [2.05, 4.69) is 18.0 Å². The Morgan fingerprint density at radius 1 is 1.64 bits per heavy atom. The molecule has 0 aromatic carbocycles. The molecule has 0 radical (unpaired) electrons. The molecule has 2 fully saturated rings. The maximum Gasteiger partial charge on any atom is 0.0134 e. The first-order valence-corrected chi connectivity index (χ1v) is 4.39. The predicted octanol–water partition coefficient (Wildman–Crippen LogP) is 2.08. The van der Waals surface area contributed by atoms with Gasteiger partial charge in [0.2, 0.25) is 0 Å². The highest BCUT2D eigenvalue weighted by atomic mass is 14.9. The van der Waals surface area contributed by atoms with Gasteiger partial charge in [-0.25, -0.2) is 0 Å². The summed E-state index contributed by atoms with van der Waals surface area (Å²) in [5.41, 5.74) is 3.18. The second-order valence-electron chi connectivity index (χ2n) is 3.51. The van der Waals surface area contributed by atoms with Gasteiger partial charge in [-0.1, -0.05) is 11.6 Å². The van der Waals surface area contributed by atoms with Gasteiger partial charge in [-0.3, -0.25) is 0 Å². The van der Waals surface area contributed by atoms with Gasteiger partial charge in [0.1, 0.15) is 0 Å². The van der Waals surface area contributed by atoms with Gasteiger partial charge in [0.25, 0.3) is 0 Å². The van der Waals surface area contributed by atoms with Crippen LogP contribution in [0.3, 0.4) is 0 Å². The zero-order valence-electron chi connectivity index (χ0n) is 7.06. The van der Waals surface area contributed by atoms with Gasteiger partial charge in [-0.2, -0.15) is 0 Å². The maximum atomic E-state index is 3.82. The van der Waals surface area contributed by atoms with Crippen molar-refractivity contribution < 1.29 is 0 Å². The van der Waals surface area contributed by atoms with Crippen LogP contribution in [0.15, 0.2) is 23.9 Å². The molecular weight excluding hydrogens is 134 g/mol. The van der Waals surface area contributed by atoms with E-state index in [1.807, 2.05) is 7.05 Å². The van der Waals surface area contributed by atoms with Crippen LogP contribution in [0.1, 0.15) is 19.3 Å². The molecule has 1 nitrogen and oxygen atoms in total. The topological polar surface area (TPSA) is 12.0 Å². The van der Waals surface area contributed by atoms with Crippen LogP contribution in [0.5, 0.6) is 0 Å². The molecule has 11 heavy (non-hydrogen) atoms. The molecule has 0 aromatic heterocycles. The minimum Gasteiger partial charge on any atom is -0.391 e. The van der Waals surface area contributed by atoms with Crippen molar-refractivity contribution in [2.24, 2.45) is 11.8 Å². The lowest BCUT2D eigenvalue weighted by atomic mass is 10.2. The van der Waals surface area contributed by atoms with Crippen molar-refractivity contribution in [1.82, 2.24) is 5.32 Å². The van der Waals surface area contributed by atoms with Crippen molar-refractivity contribution in [3.8, 4) is 0 Å². The lowest BCUT2D eigenvalue weighted by molar-refractivity contribution is 0.805. The molecule has 0 bridgehead atoms. The highest BCUT2D eigenvalue weighted by Gasteiger charge is 2.39. The second kappa shape index (κ2) is 2.40. The Balaban J connectivity index is 2.04. The Bertz CT molecular complexity index is 209. The smallest absolute Gasteiger partial charge is 0.0134 e. The van der Waals surface area contributed by atoms with E-state index >= 15 is 0 Å². The van der Waals surface area contributed by atoms with Gasteiger partial charge in [-0.15, -0.1) is 6.58 Å². The standard InChI is InChI=1S/C10H15N/c1-3-7-6-9(7)10(11-2)8-4-5-8/h3,7,9,11H,1,4-6H2,2H3/t7-,9+/m1/s1. The Morgan fingerprint density at radius 2 is 2.36 bits per heavy atom. The Hall–Kier alpha value is -0.720. The van der Waals surface area contributed by atoms with Gasteiger partial charge >= 0.3 is 0 Å². The number of rotatable bonds is 3. The summed E-state index contributed by atoms with van der Waals surface area (Å²) in [7, 11) is 2.04. The van der Waals surface area contributed by atoms with Crippen molar-refractivity contribution in [1.29, 1.82) is 0 Å². The fourth-order valence-corrected chi connectivity index (χ4v) is 1.76. The summed E-state index contributed by atoms with van der Waals surface area (Å²) in [5, 5.41) is 3.32. The number of allylic oxidation sites excluding steroid dienone is 3. The molecule has 60 valence electrons. The van der Waals surface area contributed by atoms with Crippen molar-refractivity contribution in [2.75, 3.05) is 7.05 Å². The Labute approximate surface area is 68.2 Å². The molecule has 0 heterocycles. The van der Waals surface area contributed by atoms with Crippen molar-refractivity contribution in [3.05, 3.63) is 23.9 Å². The molecule has 0 aromatic rings. The molecule has 0 spiro atoms. The molecule has 2 aliphatic carbocycles. The van der Waals surface area contributed by atoms with E-state index < -0.39 is 0 Å². The van der Waals surface area contributed by atoms with E-state index in [4.69, 9.17) is 0 Å². The van der Waals surface area contributed by atoms with Gasteiger partial charge in [-0.05, 0) is 25.2 Å². The van der Waals surface area contributed by atoms with Gasteiger partial charge < -0.3 is 5.32 Å². The summed E-state index contributed by atoms with van der Waals surface area (Å²) in [6.07, 6.45) is 6.07. The fourth-order valence-electron chi connectivity index (χ4n) is 1.76. The largest absolute Gasteiger partial charge is 0.391 e. The van der Waals surface area contributed by atoms with Crippen LogP contribution in [0.25, 0.3) is 0 Å². The highest BCUT2D eigenvalue weighted by Crippen LogP contribution is 2.48. The van der Waals surface area contributed by atoms with E-state index in [0.717, 1.165) is 11.8 Å². The van der Waals surface area contributed by atoms with Crippen LogP contribution in [-0.2, 0) is 0 Å². The minimum atomic E-state index is 0.769. The summed E-state index contributed by atoms with van der Waals surface area (Å²) in [4.78, 5) is 0. The number of hydrogen-bond acceptors (Lipinski definition) is 1. The third kappa shape index (κ3) is 1.20. The molecule has 2 rings (SSSR count). The summed E-state index contributed by atoms with van der Waals surface area (Å²) in [6, 6.07) is 0. The maximum absolute atomic E-state index is 3.82. The van der Waals surface area contributed by atoms with E-state index in [9.17, 15) is 0 Å². The van der Waals surface area contributed by atoms with E-state index in [1.54, 1.807) is 5.57 Å². The lowest BCUT2D eigenvalue weighted by Gasteiger charge is -2.03. The SMILES string of the molecule is C=C[C@@H]1C[C@@H]1C(NC)=C1CC1. The second-order valence-corrected chi connectivity index (χ2v) is 3.51. The summed E-state index contributed by atoms with van der Waals surface area (Å²) in [6.45, 7) is 3.82. The first kappa shape index (κ1) is 6.96. The van der Waals surface area contributed by atoms with Crippen molar-refractivity contribution >= 4 is 0 Å². The van der Waals surface area contributed by atoms with Crippen molar-refractivity contribution in [2.45, 2.75) is 19.3 Å². The molecule has 2 saturated carbocycles. The molecule has 0 amide bonds. The third-order valence-electron chi connectivity index (χ3n) is 2.66. The molecule has 2 aliphatic rings. The quantitative estimate of drug-likeness (QED) is 0.606. The molecule has 1 heteroatoms. The number of nitrogens with one attached hydrogen (secondary N) is 1. The van der Waals surface area contributed by atoms with Gasteiger partial charge in [0.05, 0.1) is 0 Å². The molecule has 0 unspecified atom stereocenters. The van der Waals surface area contributed by atoms with Crippen LogP contribution in [-0.4, -0.2) is 7.05 Å². The molecule has 0 saturated heterocycles. The normalized spacial score (nSPS) is 33.0. The minimum absolute atomic E-state index is 0.769. The molecular formula is C10H15N. The van der Waals surface area contributed by atoms with E-state index in [-0.39, 0.29) is 0 Å². The summed E-state index contributed by atoms with van der Waals surface area (Å²) < 4.78 is 0. The average Bonchev–Trinajstić information content (AvgIpc) is 2.82. The van der Waals surface area contributed by atoms with Gasteiger partial charge in [0, 0.05) is 18.7 Å². The molecule has 0 aliphatic heterocycles.